The van der Waals surface area contributed by atoms with Crippen LogP contribution in [-0.4, -0.2) is 0 Å². The number of fused-ring (bicyclic) bond motifs is 22. The Bertz CT molecular complexity index is 9560. The lowest BCUT2D eigenvalue weighted by molar-refractivity contribution is 0.669. The monoisotopic (exact) mass is 1900 g/mol. The molecule has 0 bridgehead atoms. The zero-order valence-corrected chi connectivity index (χ0v) is 82.8. The number of para-hydroxylation sites is 12. The summed E-state index contributed by atoms with van der Waals surface area (Å²) in [6.07, 6.45) is 0. The Morgan fingerprint density at radius 1 is 0.155 bits per heavy atom. The van der Waals surface area contributed by atoms with E-state index in [1.165, 1.54) is 86.9 Å². The molecule has 0 aliphatic rings. The van der Waals surface area contributed by atoms with E-state index < -0.39 is 0 Å². The minimum Gasteiger partial charge on any atom is -0.455 e. The molecule has 28 aromatic rings. The first-order valence-corrected chi connectivity index (χ1v) is 51.2. The van der Waals surface area contributed by atoms with Crippen molar-refractivity contribution in [2.75, 3.05) is 19.6 Å². The molecule has 0 aliphatic heterocycles. The molecule has 28 rings (SSSR count). The van der Waals surface area contributed by atoms with Crippen LogP contribution in [0.2, 0.25) is 0 Å². The minimum atomic E-state index is 0.318. The summed E-state index contributed by atoms with van der Waals surface area (Å²) in [5.41, 5.74) is 33.7. The molecule has 0 atom stereocenters. The Morgan fingerprint density at radius 3 is 0.628 bits per heavy atom. The molecule has 0 saturated heterocycles. The van der Waals surface area contributed by atoms with E-state index in [0.29, 0.717) is 11.8 Å². The maximum Gasteiger partial charge on any atom is 0.143 e. The lowest BCUT2D eigenvalue weighted by atomic mass is 9.89. The zero-order chi connectivity index (χ0) is 98.9. The lowest BCUT2D eigenvalue weighted by Gasteiger charge is -2.30. The van der Waals surface area contributed by atoms with Crippen molar-refractivity contribution >= 4 is 221 Å². The molecule has 0 N–H and O–H groups in total. The van der Waals surface area contributed by atoms with Crippen LogP contribution in [-0.2, 0) is 0 Å². The lowest BCUT2D eigenvalue weighted by Crippen LogP contribution is -2.12. The number of rotatable bonds is 18. The molecule has 0 saturated carbocycles. The third-order valence-corrected chi connectivity index (χ3v) is 30.0. The molecule has 0 fully saturated rings. The Morgan fingerprint density at radius 2 is 0.372 bits per heavy atom. The maximum absolute atomic E-state index is 6.63. The summed E-state index contributed by atoms with van der Waals surface area (Å²) in [4.78, 5) is 9.78. The van der Waals surface area contributed by atoms with E-state index in [2.05, 4.69) is 522 Å². The predicted molar refractivity (Wildman–Crippen MR) is 625 cm³/mol. The third kappa shape index (κ3) is 15.2. The van der Waals surface area contributed by atoms with Crippen LogP contribution in [0.1, 0.15) is 61.8 Å². The molecular weight excluding hydrogens is 1800 g/mol. The van der Waals surface area contributed by atoms with Gasteiger partial charge in [0.05, 0.1) is 22.7 Å². The van der Waals surface area contributed by atoms with E-state index in [1.807, 2.05) is 24.3 Å². The average molecular weight is 1900 g/mol. The summed E-state index contributed by atoms with van der Waals surface area (Å²) < 4.78 is 26.4. The molecule has 4 heterocycles. The molecule has 0 aliphatic carbocycles. The first-order chi connectivity index (χ1) is 72.9. The van der Waals surface area contributed by atoms with Gasteiger partial charge in [0.1, 0.15) is 44.7 Å². The highest BCUT2D eigenvalue weighted by molar-refractivity contribution is 6.28. The Balaban J connectivity index is 0.000000146. The standard InChI is InChI=1S/C72H54N2O2.C68H46N2O2/c1-45(2)47-35-37-57-63-44-68(74(52-23-9-6-10-24-52)54-26-16-20-50(40-54)56-30-18-32-62-60-28-12-14-34-70(60)76-72(56)62)66-42-48(46(3)4)36-38-58(66)64(63)43-67(65(57)41-47)73(51-21-7-5-8-22-51)53-25-15-19-49(39-53)55-29-17-31-61-59-27-11-13-33-69(59)75-71(55)61;1-43-33-35-53-59-42-64(70(48-21-7-4-8-22-48)50-24-14-18-46(40-50)52-28-16-30-58-56-26-10-12-32-66(56)72-68(52)58)62-38-44(2)34-36-54(62)60(59)41-63(61(53)37-43)69(47-19-5-3-6-20-47)49-23-13-17-45(39-49)51-27-15-29-57-55-25-9-11-31-65(55)71-67(51)57/h5-46H,1-4H3;3-42H,1-2H3. The van der Waals surface area contributed by atoms with Gasteiger partial charge in [0.2, 0.25) is 0 Å². The van der Waals surface area contributed by atoms with Crippen LogP contribution >= 0.6 is 0 Å². The van der Waals surface area contributed by atoms with Gasteiger partial charge < -0.3 is 37.3 Å². The summed E-state index contributed by atoms with van der Waals surface area (Å²) in [5, 5.41) is 23.1. The van der Waals surface area contributed by atoms with Gasteiger partial charge in [0.15, 0.2) is 0 Å². The number of furan rings is 4. The molecule has 148 heavy (non-hydrogen) atoms. The largest absolute Gasteiger partial charge is 0.455 e. The van der Waals surface area contributed by atoms with Gasteiger partial charge in [-0.05, 0) is 272 Å². The minimum absolute atomic E-state index is 0.318. The number of aryl methyl sites for hydroxylation is 2. The number of hydrogen-bond acceptors (Lipinski definition) is 8. The van der Waals surface area contributed by atoms with E-state index in [9.17, 15) is 0 Å². The Kier molecular flexibility index (Phi) is 21.6. The second-order valence-electron chi connectivity index (χ2n) is 39.8. The fourth-order valence-corrected chi connectivity index (χ4v) is 22.9. The van der Waals surface area contributed by atoms with Crippen LogP contribution in [0.25, 0.3) is 197 Å². The van der Waals surface area contributed by atoms with Crippen LogP contribution in [0.4, 0.5) is 68.2 Å². The molecule has 0 radical (unpaired) electrons. The van der Waals surface area contributed by atoms with Crippen LogP contribution in [0.3, 0.4) is 0 Å². The number of nitrogens with zero attached hydrogens (tertiary/aromatic N) is 4. The van der Waals surface area contributed by atoms with E-state index in [4.69, 9.17) is 17.7 Å². The van der Waals surface area contributed by atoms with Gasteiger partial charge >= 0.3 is 0 Å². The summed E-state index contributed by atoms with van der Waals surface area (Å²) in [6.45, 7) is 13.5. The molecule has 8 nitrogen and oxygen atoms in total. The van der Waals surface area contributed by atoms with Crippen molar-refractivity contribution in [3.05, 3.63) is 508 Å². The van der Waals surface area contributed by atoms with E-state index >= 15 is 0 Å². The molecule has 24 aromatic carbocycles. The zero-order valence-electron chi connectivity index (χ0n) is 82.8. The van der Waals surface area contributed by atoms with Gasteiger partial charge in [-0.25, -0.2) is 0 Å². The second kappa shape index (κ2) is 36.3. The molecule has 0 amide bonds. The molecule has 8 heteroatoms. The molecule has 704 valence electrons. The predicted octanol–water partition coefficient (Wildman–Crippen LogP) is 41.3. The SMILES string of the molecule is CC(C)c1ccc2c(c1)c(N(c1ccccc1)c1cccc(-c3cccc4c3oc3ccccc34)c1)cc1c3ccc(C(C)C)cc3c(N(c3ccccc3)c3cccc(-c4cccc5c4oc4ccccc45)c3)cc21.Cc1ccc2c(c1)c(N(c1ccccc1)c1cccc(-c3cccc4c3oc3ccccc34)c1)cc1c3ccc(C)cc3c(N(c3ccccc3)c3cccc(-c4cccc5c4oc4ccccc45)c3)cc21. The van der Waals surface area contributed by atoms with Gasteiger partial charge in [0.25, 0.3) is 0 Å². The number of hydrogen-bond donors (Lipinski definition) is 0. The highest BCUT2D eigenvalue weighted by atomic mass is 16.3. The van der Waals surface area contributed by atoms with Crippen molar-refractivity contribution in [2.45, 2.75) is 53.4 Å². The van der Waals surface area contributed by atoms with Gasteiger partial charge in [0, 0.05) is 132 Å². The molecular formula is C140H100N4O4. The fraction of sp³-hybridized carbons (Fsp3) is 0.0571. The van der Waals surface area contributed by atoms with Crippen LogP contribution < -0.4 is 19.6 Å². The van der Waals surface area contributed by atoms with Crippen molar-refractivity contribution in [1.29, 1.82) is 0 Å². The highest BCUT2D eigenvalue weighted by Crippen LogP contribution is 2.55. The van der Waals surface area contributed by atoms with Crippen LogP contribution in [0.15, 0.2) is 503 Å². The first-order valence-electron chi connectivity index (χ1n) is 51.2. The van der Waals surface area contributed by atoms with Crippen molar-refractivity contribution in [2.24, 2.45) is 0 Å². The van der Waals surface area contributed by atoms with E-state index in [-0.39, 0.29) is 0 Å². The van der Waals surface area contributed by atoms with Crippen molar-refractivity contribution in [1.82, 2.24) is 0 Å². The van der Waals surface area contributed by atoms with Gasteiger partial charge in [-0.1, -0.05) is 354 Å². The van der Waals surface area contributed by atoms with Crippen LogP contribution in [0.5, 0.6) is 0 Å². The smallest absolute Gasteiger partial charge is 0.143 e. The van der Waals surface area contributed by atoms with Gasteiger partial charge in [-0.3, -0.25) is 0 Å². The summed E-state index contributed by atoms with van der Waals surface area (Å²) in [6, 6.07) is 176. The number of benzene rings is 24. The summed E-state index contributed by atoms with van der Waals surface area (Å²) >= 11 is 0. The van der Waals surface area contributed by atoms with Gasteiger partial charge in [-0.15, -0.1) is 0 Å². The fourth-order valence-electron chi connectivity index (χ4n) is 22.9. The molecule has 0 spiro atoms. The summed E-state index contributed by atoms with van der Waals surface area (Å²) in [7, 11) is 0. The van der Waals surface area contributed by atoms with Crippen molar-refractivity contribution < 1.29 is 17.7 Å². The maximum atomic E-state index is 6.63. The quantitative estimate of drug-likeness (QED) is 0.0788. The number of anilines is 12. The van der Waals surface area contributed by atoms with Crippen molar-refractivity contribution in [3.63, 3.8) is 0 Å². The highest BCUT2D eigenvalue weighted by Gasteiger charge is 2.30. The van der Waals surface area contributed by atoms with Crippen LogP contribution in [0, 0.1) is 13.8 Å². The summed E-state index contributed by atoms with van der Waals surface area (Å²) in [5.74, 6) is 0.636. The first kappa shape index (κ1) is 88.2. The second-order valence-corrected chi connectivity index (χ2v) is 39.8. The normalized spacial score (nSPS) is 11.8. The third-order valence-electron chi connectivity index (χ3n) is 30.0. The van der Waals surface area contributed by atoms with Crippen molar-refractivity contribution in [3.8, 4) is 44.5 Å². The Hall–Kier alpha value is -18.8. The van der Waals surface area contributed by atoms with E-state index in [0.717, 1.165) is 201 Å². The van der Waals surface area contributed by atoms with Gasteiger partial charge in [-0.2, -0.15) is 0 Å². The Labute approximate surface area is 857 Å². The topological polar surface area (TPSA) is 65.5 Å². The average Bonchev–Trinajstić information content (AvgIpc) is 1.02. The van der Waals surface area contributed by atoms with E-state index in [1.54, 1.807) is 0 Å². The molecule has 4 aromatic heterocycles. The molecule has 0 unspecified atom stereocenters.